The molecule has 32 heavy (non-hydrogen) atoms. The minimum Gasteiger partial charge on any atom is -0.482 e. The maximum atomic E-state index is 12.8. The van der Waals surface area contributed by atoms with Gasteiger partial charge in [0, 0.05) is 11.4 Å². The first-order valence-corrected chi connectivity index (χ1v) is 10.4. The van der Waals surface area contributed by atoms with Gasteiger partial charge in [0.05, 0.1) is 12.0 Å². The lowest BCUT2D eigenvalue weighted by Crippen LogP contribution is -2.32. The van der Waals surface area contributed by atoms with E-state index >= 15 is 0 Å². The molecule has 0 spiro atoms. The number of halogens is 1. The number of hydrogen-bond acceptors (Lipinski definition) is 6. The highest BCUT2D eigenvalue weighted by molar-refractivity contribution is 6.30. The molecule has 8 heteroatoms. The molecule has 1 aliphatic heterocycles. The molecule has 7 nitrogen and oxygen atoms in total. The SMILES string of the molecule is Cc1cccc(OCC(=O)OCC(=O)N2N=C(c3ccc(Cl)cc3)CC2c2ccco2)c1. The standard InChI is InChI=1S/C24H21ClN2O5/c1-16-4-2-5-19(12-16)31-15-24(29)32-14-23(28)27-21(22-6-3-11-30-22)13-20(26-27)17-7-9-18(25)10-8-17/h2-12,21H,13-15H2,1H3. The zero-order chi connectivity index (χ0) is 22.5. The number of carbonyl (C=O) groups is 2. The van der Waals surface area contributed by atoms with Gasteiger partial charge in [-0.05, 0) is 54.4 Å². The van der Waals surface area contributed by atoms with Crippen LogP contribution < -0.4 is 4.74 Å². The number of furan rings is 1. The van der Waals surface area contributed by atoms with E-state index in [0.717, 1.165) is 11.1 Å². The van der Waals surface area contributed by atoms with Crippen LogP contribution in [0.2, 0.25) is 5.02 Å². The van der Waals surface area contributed by atoms with Gasteiger partial charge < -0.3 is 13.9 Å². The largest absolute Gasteiger partial charge is 0.482 e. The fourth-order valence-electron chi connectivity index (χ4n) is 3.36. The van der Waals surface area contributed by atoms with Crippen molar-refractivity contribution in [2.45, 2.75) is 19.4 Å². The Morgan fingerprint density at radius 1 is 1.12 bits per heavy atom. The highest BCUT2D eigenvalue weighted by atomic mass is 35.5. The molecule has 1 amide bonds. The molecule has 0 saturated carbocycles. The van der Waals surface area contributed by atoms with Gasteiger partial charge in [0.25, 0.3) is 5.91 Å². The predicted molar refractivity (Wildman–Crippen MR) is 119 cm³/mol. The number of aryl methyl sites for hydroxylation is 1. The van der Waals surface area contributed by atoms with Crippen molar-refractivity contribution in [3.63, 3.8) is 0 Å². The first kappa shape index (κ1) is 21.6. The molecule has 1 aromatic heterocycles. The minimum absolute atomic E-state index is 0.294. The number of benzene rings is 2. The van der Waals surface area contributed by atoms with E-state index in [1.54, 1.807) is 36.6 Å². The first-order valence-electron chi connectivity index (χ1n) is 10.0. The van der Waals surface area contributed by atoms with Crippen LogP contribution in [-0.4, -0.2) is 35.8 Å². The molecule has 3 aromatic rings. The second kappa shape index (κ2) is 9.70. The van der Waals surface area contributed by atoms with Crippen LogP contribution in [0.25, 0.3) is 0 Å². The van der Waals surface area contributed by atoms with Crippen LogP contribution in [0.4, 0.5) is 0 Å². The van der Waals surface area contributed by atoms with Crippen molar-refractivity contribution in [3.8, 4) is 5.75 Å². The Morgan fingerprint density at radius 2 is 1.94 bits per heavy atom. The van der Waals surface area contributed by atoms with Crippen molar-refractivity contribution in [2.75, 3.05) is 13.2 Å². The summed E-state index contributed by atoms with van der Waals surface area (Å²) < 4.78 is 16.0. The first-order chi connectivity index (χ1) is 15.5. The summed E-state index contributed by atoms with van der Waals surface area (Å²) >= 11 is 5.97. The molecule has 4 rings (SSSR count). The molecule has 0 aliphatic carbocycles. The topological polar surface area (TPSA) is 81.3 Å². The van der Waals surface area contributed by atoms with E-state index in [0.29, 0.717) is 28.7 Å². The molecule has 2 heterocycles. The van der Waals surface area contributed by atoms with Crippen LogP contribution >= 0.6 is 11.6 Å². The molecule has 1 aliphatic rings. The van der Waals surface area contributed by atoms with Crippen molar-refractivity contribution in [3.05, 3.63) is 88.8 Å². The van der Waals surface area contributed by atoms with Crippen molar-refractivity contribution in [1.29, 1.82) is 0 Å². The minimum atomic E-state index is -0.643. The third-order valence-electron chi connectivity index (χ3n) is 4.92. The number of rotatable bonds is 7. The molecule has 1 unspecified atom stereocenters. The number of ether oxygens (including phenoxy) is 2. The van der Waals surface area contributed by atoms with Gasteiger partial charge in [-0.15, -0.1) is 0 Å². The fraction of sp³-hybridized carbons (Fsp3) is 0.208. The predicted octanol–water partition coefficient (Wildman–Crippen LogP) is 4.54. The van der Waals surface area contributed by atoms with Gasteiger partial charge in [0.15, 0.2) is 13.2 Å². The number of esters is 1. The summed E-state index contributed by atoms with van der Waals surface area (Å²) in [6.45, 7) is 1.18. The van der Waals surface area contributed by atoms with Gasteiger partial charge in [-0.2, -0.15) is 5.10 Å². The summed E-state index contributed by atoms with van der Waals surface area (Å²) in [5, 5.41) is 6.40. The lowest BCUT2D eigenvalue weighted by molar-refractivity contribution is -0.154. The maximum Gasteiger partial charge on any atom is 0.344 e. The van der Waals surface area contributed by atoms with E-state index in [2.05, 4.69) is 5.10 Å². The Kier molecular flexibility index (Phi) is 6.56. The zero-order valence-electron chi connectivity index (χ0n) is 17.4. The molecule has 1 atom stereocenters. The number of hydrogen-bond donors (Lipinski definition) is 0. The molecule has 0 bridgehead atoms. The summed E-state index contributed by atoms with van der Waals surface area (Å²) in [4.78, 5) is 24.9. The second-order valence-electron chi connectivity index (χ2n) is 7.29. The van der Waals surface area contributed by atoms with Crippen molar-refractivity contribution in [1.82, 2.24) is 5.01 Å². The Morgan fingerprint density at radius 3 is 2.66 bits per heavy atom. The third-order valence-corrected chi connectivity index (χ3v) is 5.17. The van der Waals surface area contributed by atoms with E-state index in [9.17, 15) is 9.59 Å². The van der Waals surface area contributed by atoms with E-state index < -0.39 is 24.5 Å². The summed E-state index contributed by atoms with van der Waals surface area (Å²) in [6, 6.07) is 17.6. The number of carbonyl (C=O) groups excluding carboxylic acids is 2. The Balaban J connectivity index is 1.40. The van der Waals surface area contributed by atoms with Gasteiger partial charge in [0.1, 0.15) is 17.6 Å². The monoisotopic (exact) mass is 452 g/mol. The third kappa shape index (κ3) is 5.18. The molecule has 0 saturated heterocycles. The summed E-state index contributed by atoms with van der Waals surface area (Å²) in [5.74, 6) is 0.0536. The molecular weight excluding hydrogens is 432 g/mol. The van der Waals surface area contributed by atoms with Crippen LogP contribution in [0, 0.1) is 6.92 Å². The molecule has 0 radical (unpaired) electrons. The molecular formula is C24H21ClN2O5. The highest BCUT2D eigenvalue weighted by Crippen LogP contribution is 2.33. The summed E-state index contributed by atoms with van der Waals surface area (Å²) in [5.41, 5.74) is 2.58. The van der Waals surface area contributed by atoms with Crippen LogP contribution in [0.1, 0.15) is 29.3 Å². The van der Waals surface area contributed by atoms with Crippen LogP contribution in [0.3, 0.4) is 0 Å². The van der Waals surface area contributed by atoms with Crippen LogP contribution in [0.5, 0.6) is 5.75 Å². The quantitative estimate of drug-likeness (QED) is 0.491. The molecule has 164 valence electrons. The Hall–Kier alpha value is -3.58. The lowest BCUT2D eigenvalue weighted by atomic mass is 10.0. The van der Waals surface area contributed by atoms with Crippen LogP contribution in [-0.2, 0) is 14.3 Å². The number of hydrazone groups is 1. The second-order valence-corrected chi connectivity index (χ2v) is 7.73. The average molecular weight is 453 g/mol. The smallest absolute Gasteiger partial charge is 0.344 e. The fourth-order valence-corrected chi connectivity index (χ4v) is 3.48. The normalized spacial score (nSPS) is 15.4. The average Bonchev–Trinajstić information content (AvgIpc) is 3.46. The number of amides is 1. The Bertz CT molecular complexity index is 1130. The van der Waals surface area contributed by atoms with E-state index in [4.69, 9.17) is 25.5 Å². The van der Waals surface area contributed by atoms with Gasteiger partial charge in [-0.1, -0.05) is 35.9 Å². The van der Waals surface area contributed by atoms with Crippen molar-refractivity contribution >= 4 is 29.2 Å². The summed E-state index contributed by atoms with van der Waals surface area (Å²) in [6.07, 6.45) is 2.01. The van der Waals surface area contributed by atoms with Crippen molar-refractivity contribution in [2.24, 2.45) is 5.10 Å². The molecule has 0 N–H and O–H groups in total. The highest BCUT2D eigenvalue weighted by Gasteiger charge is 2.35. The van der Waals surface area contributed by atoms with Gasteiger partial charge in [-0.3, -0.25) is 4.79 Å². The van der Waals surface area contributed by atoms with Gasteiger partial charge in [0.2, 0.25) is 0 Å². The molecule has 0 fully saturated rings. The van der Waals surface area contributed by atoms with Crippen molar-refractivity contribution < 1.29 is 23.5 Å². The van der Waals surface area contributed by atoms with E-state index in [-0.39, 0.29) is 6.61 Å². The molecule has 2 aromatic carbocycles. The zero-order valence-corrected chi connectivity index (χ0v) is 18.1. The summed E-state index contributed by atoms with van der Waals surface area (Å²) in [7, 11) is 0. The van der Waals surface area contributed by atoms with Gasteiger partial charge >= 0.3 is 5.97 Å². The van der Waals surface area contributed by atoms with E-state index in [1.165, 1.54) is 5.01 Å². The van der Waals surface area contributed by atoms with Crippen LogP contribution in [0.15, 0.2) is 76.4 Å². The van der Waals surface area contributed by atoms with E-state index in [1.807, 2.05) is 37.3 Å². The maximum absolute atomic E-state index is 12.8. The lowest BCUT2D eigenvalue weighted by Gasteiger charge is -2.19. The number of nitrogens with zero attached hydrogens (tertiary/aromatic N) is 2. The Labute approximate surface area is 190 Å². The van der Waals surface area contributed by atoms with Gasteiger partial charge in [-0.25, -0.2) is 9.80 Å².